The van der Waals surface area contributed by atoms with Gasteiger partial charge >= 0.3 is 5.97 Å². The zero-order valence-electron chi connectivity index (χ0n) is 18.6. The van der Waals surface area contributed by atoms with Crippen molar-refractivity contribution in [3.8, 4) is 0 Å². The molecule has 1 aliphatic heterocycles. The molecule has 7 nitrogen and oxygen atoms in total. The lowest BCUT2D eigenvalue weighted by atomic mass is 9.98. The van der Waals surface area contributed by atoms with Crippen LogP contribution in [-0.2, 0) is 19.1 Å². The number of nitrogens with one attached hydrogen (secondary N) is 1. The van der Waals surface area contributed by atoms with Crippen LogP contribution >= 0.6 is 0 Å². The highest BCUT2D eigenvalue weighted by Gasteiger charge is 2.31. The third-order valence-electron chi connectivity index (χ3n) is 5.63. The molecular formula is C25H34N2O5. The fourth-order valence-electron chi connectivity index (χ4n) is 3.83. The van der Waals surface area contributed by atoms with Crippen LogP contribution < -0.4 is 5.32 Å². The molecule has 1 aromatic rings. The van der Waals surface area contributed by atoms with E-state index in [0.717, 1.165) is 18.4 Å². The van der Waals surface area contributed by atoms with Gasteiger partial charge in [0.1, 0.15) is 6.61 Å². The molecule has 1 fully saturated rings. The number of ether oxygens (including phenoxy) is 1. The lowest BCUT2D eigenvalue weighted by molar-refractivity contribution is -0.145. The molecule has 2 N–H and O–H groups in total. The van der Waals surface area contributed by atoms with E-state index in [9.17, 15) is 19.5 Å². The predicted octanol–water partition coefficient (Wildman–Crippen LogP) is 2.92. The van der Waals surface area contributed by atoms with Gasteiger partial charge in [-0.15, -0.1) is 13.2 Å². The molecule has 32 heavy (non-hydrogen) atoms. The monoisotopic (exact) mass is 442 g/mol. The van der Waals surface area contributed by atoms with Crippen LogP contribution in [0.3, 0.4) is 0 Å². The van der Waals surface area contributed by atoms with Crippen molar-refractivity contribution in [2.24, 2.45) is 5.92 Å². The van der Waals surface area contributed by atoms with Crippen LogP contribution in [0.15, 0.2) is 55.6 Å². The summed E-state index contributed by atoms with van der Waals surface area (Å²) in [7, 11) is 0. The number of amides is 2. The average molecular weight is 443 g/mol. The summed E-state index contributed by atoms with van der Waals surface area (Å²) >= 11 is 0. The largest absolute Gasteiger partial charge is 0.463 e. The van der Waals surface area contributed by atoms with Gasteiger partial charge in [-0.3, -0.25) is 14.4 Å². The van der Waals surface area contributed by atoms with Gasteiger partial charge in [0, 0.05) is 19.4 Å². The van der Waals surface area contributed by atoms with Gasteiger partial charge in [-0.25, -0.2) is 0 Å². The minimum absolute atomic E-state index is 0.000797. The Morgan fingerprint density at radius 3 is 2.62 bits per heavy atom. The number of carbonyl (C=O) groups is 3. The van der Waals surface area contributed by atoms with E-state index in [-0.39, 0.29) is 49.9 Å². The Kier molecular flexibility index (Phi) is 10.7. The number of benzene rings is 1. The van der Waals surface area contributed by atoms with Crippen LogP contribution in [0, 0.1) is 5.92 Å². The van der Waals surface area contributed by atoms with E-state index in [1.807, 2.05) is 30.3 Å². The Morgan fingerprint density at radius 1 is 1.22 bits per heavy atom. The molecular weight excluding hydrogens is 408 g/mol. The summed E-state index contributed by atoms with van der Waals surface area (Å²) in [5, 5.41) is 12.4. The Labute approximate surface area is 190 Å². The molecule has 1 aliphatic rings. The lowest BCUT2D eigenvalue weighted by Gasteiger charge is -2.26. The summed E-state index contributed by atoms with van der Waals surface area (Å²) in [4.78, 5) is 39.5. The second-order valence-electron chi connectivity index (χ2n) is 7.97. The average Bonchev–Trinajstić information content (AvgIpc) is 3.29. The SMILES string of the molecule is C=CCCC(=O)OC[C@H](NC(=O)[C@H](CC=C)CC(=O)N1CCC[C@H]1CO)c1ccccc1. The number of aliphatic hydroxyl groups is 1. The highest BCUT2D eigenvalue weighted by Crippen LogP contribution is 2.22. The number of hydrogen-bond donors (Lipinski definition) is 2. The van der Waals surface area contributed by atoms with Crippen molar-refractivity contribution in [2.45, 2.75) is 50.6 Å². The first kappa shape index (κ1) is 25.3. The van der Waals surface area contributed by atoms with Gasteiger partial charge in [0.05, 0.1) is 24.6 Å². The molecule has 2 rings (SSSR count). The Morgan fingerprint density at radius 2 is 1.97 bits per heavy atom. The van der Waals surface area contributed by atoms with Crippen molar-refractivity contribution in [3.05, 3.63) is 61.2 Å². The van der Waals surface area contributed by atoms with Gasteiger partial charge in [0.25, 0.3) is 0 Å². The highest BCUT2D eigenvalue weighted by atomic mass is 16.5. The third-order valence-corrected chi connectivity index (χ3v) is 5.63. The summed E-state index contributed by atoms with van der Waals surface area (Å²) < 4.78 is 5.37. The molecule has 0 bridgehead atoms. The number of carbonyl (C=O) groups excluding carboxylic acids is 3. The summed E-state index contributed by atoms with van der Waals surface area (Å²) in [6.07, 6.45) is 6.03. The third kappa shape index (κ3) is 7.64. The fraction of sp³-hybridized carbons (Fsp3) is 0.480. The van der Waals surface area contributed by atoms with Gasteiger partial charge in [-0.05, 0) is 31.2 Å². The van der Waals surface area contributed by atoms with Crippen molar-refractivity contribution in [3.63, 3.8) is 0 Å². The lowest BCUT2D eigenvalue weighted by Crippen LogP contribution is -2.42. The van der Waals surface area contributed by atoms with E-state index in [1.54, 1.807) is 17.1 Å². The highest BCUT2D eigenvalue weighted by molar-refractivity contribution is 5.86. The second kappa shape index (κ2) is 13.5. The zero-order chi connectivity index (χ0) is 23.3. The summed E-state index contributed by atoms with van der Waals surface area (Å²) in [6.45, 7) is 7.84. The smallest absolute Gasteiger partial charge is 0.306 e. The van der Waals surface area contributed by atoms with Crippen LogP contribution in [0.25, 0.3) is 0 Å². The van der Waals surface area contributed by atoms with Crippen molar-refractivity contribution >= 4 is 17.8 Å². The molecule has 174 valence electrons. The normalized spacial score (nSPS) is 17.3. The van der Waals surface area contributed by atoms with Gasteiger partial charge in [-0.1, -0.05) is 42.5 Å². The van der Waals surface area contributed by atoms with Crippen molar-refractivity contribution < 1.29 is 24.2 Å². The maximum Gasteiger partial charge on any atom is 0.306 e. The minimum Gasteiger partial charge on any atom is -0.463 e. The summed E-state index contributed by atoms with van der Waals surface area (Å²) in [5.74, 6) is -1.39. The molecule has 0 saturated carbocycles. The number of nitrogens with zero attached hydrogens (tertiary/aromatic N) is 1. The molecule has 0 unspecified atom stereocenters. The Balaban J connectivity index is 2.06. The van der Waals surface area contributed by atoms with Crippen molar-refractivity contribution in [1.29, 1.82) is 0 Å². The van der Waals surface area contributed by atoms with E-state index in [0.29, 0.717) is 19.4 Å². The van der Waals surface area contributed by atoms with Crippen LogP contribution in [0.2, 0.25) is 0 Å². The van der Waals surface area contributed by atoms with Crippen LogP contribution in [-0.4, -0.2) is 53.6 Å². The number of allylic oxidation sites excluding steroid dienone is 2. The molecule has 2 amide bonds. The molecule has 1 aromatic carbocycles. The predicted molar refractivity (Wildman–Crippen MR) is 122 cm³/mol. The summed E-state index contributed by atoms with van der Waals surface area (Å²) in [5.41, 5.74) is 0.806. The number of esters is 1. The van der Waals surface area contributed by atoms with Crippen LogP contribution in [0.1, 0.15) is 50.1 Å². The van der Waals surface area contributed by atoms with Crippen LogP contribution in [0.4, 0.5) is 0 Å². The van der Waals surface area contributed by atoms with E-state index in [4.69, 9.17) is 4.74 Å². The molecule has 0 radical (unpaired) electrons. The number of aliphatic hydroxyl groups excluding tert-OH is 1. The quantitative estimate of drug-likeness (QED) is 0.362. The van der Waals surface area contributed by atoms with Gasteiger partial charge in [0.15, 0.2) is 0 Å². The molecule has 1 heterocycles. The maximum atomic E-state index is 13.1. The molecule has 0 aliphatic carbocycles. The topological polar surface area (TPSA) is 95.9 Å². The second-order valence-corrected chi connectivity index (χ2v) is 7.97. The summed E-state index contributed by atoms with van der Waals surface area (Å²) in [6, 6.07) is 8.56. The first-order chi connectivity index (χ1) is 15.5. The van der Waals surface area contributed by atoms with E-state index >= 15 is 0 Å². The molecule has 3 atom stereocenters. The molecule has 7 heteroatoms. The Hall–Kier alpha value is -2.93. The van der Waals surface area contributed by atoms with E-state index in [1.165, 1.54) is 0 Å². The zero-order valence-corrected chi connectivity index (χ0v) is 18.6. The molecule has 0 spiro atoms. The van der Waals surface area contributed by atoms with E-state index < -0.39 is 12.0 Å². The fourth-order valence-corrected chi connectivity index (χ4v) is 3.83. The van der Waals surface area contributed by atoms with E-state index in [2.05, 4.69) is 18.5 Å². The maximum absolute atomic E-state index is 13.1. The van der Waals surface area contributed by atoms with Gasteiger partial charge in [-0.2, -0.15) is 0 Å². The van der Waals surface area contributed by atoms with Crippen LogP contribution in [0.5, 0.6) is 0 Å². The van der Waals surface area contributed by atoms with Crippen molar-refractivity contribution in [1.82, 2.24) is 10.2 Å². The molecule has 1 saturated heterocycles. The number of rotatable bonds is 13. The Bertz CT molecular complexity index is 780. The van der Waals surface area contributed by atoms with Gasteiger partial charge in [0.2, 0.25) is 11.8 Å². The minimum atomic E-state index is -0.595. The van der Waals surface area contributed by atoms with Gasteiger partial charge < -0.3 is 20.1 Å². The molecule has 0 aromatic heterocycles. The number of likely N-dealkylation sites (tertiary alicyclic amines) is 1. The first-order valence-corrected chi connectivity index (χ1v) is 11.1. The van der Waals surface area contributed by atoms with Crippen molar-refractivity contribution in [2.75, 3.05) is 19.8 Å². The number of hydrogen-bond acceptors (Lipinski definition) is 5. The first-order valence-electron chi connectivity index (χ1n) is 11.1. The standard InChI is InChI=1S/C25H34N2O5/c1-3-5-14-24(30)32-18-22(19-11-7-6-8-12-19)26-25(31)20(10-4-2)16-23(29)27-15-9-13-21(27)17-28/h3-4,6-8,11-12,20-22,28H,1-2,5,9-10,13-18H2,(H,26,31)/t20-,21+,22+/m1/s1.